The van der Waals surface area contributed by atoms with Crippen molar-refractivity contribution >= 4 is 5.97 Å². The van der Waals surface area contributed by atoms with E-state index < -0.39 is 0 Å². The Morgan fingerprint density at radius 3 is 2.92 bits per heavy atom. The molecular weight excluding hydrogens is 154 g/mol. The molecule has 12 heavy (non-hydrogen) atoms. The summed E-state index contributed by atoms with van der Waals surface area (Å²) in [6, 6.07) is 0. The second kappa shape index (κ2) is 4.45. The number of hydrogen-bond donors (Lipinski definition) is 0. The van der Waals surface area contributed by atoms with E-state index in [2.05, 4.69) is 11.9 Å². The molecule has 1 fully saturated rings. The van der Waals surface area contributed by atoms with E-state index in [-0.39, 0.29) is 12.1 Å². The average molecular weight is 171 g/mol. The van der Waals surface area contributed by atoms with Crippen molar-refractivity contribution in [2.75, 3.05) is 20.1 Å². The second-order valence-electron chi connectivity index (χ2n) is 3.49. The topological polar surface area (TPSA) is 29.5 Å². The van der Waals surface area contributed by atoms with E-state index in [1.54, 1.807) is 0 Å². The fourth-order valence-electron chi connectivity index (χ4n) is 1.61. The molecular formula is C9H17NO2. The van der Waals surface area contributed by atoms with Crippen LogP contribution in [0.4, 0.5) is 0 Å². The Bertz CT molecular complexity index is 159. The predicted molar refractivity (Wildman–Crippen MR) is 46.9 cm³/mol. The summed E-state index contributed by atoms with van der Waals surface area (Å²) in [6.45, 7) is 3.49. The van der Waals surface area contributed by atoms with E-state index in [4.69, 9.17) is 4.74 Å². The number of nitrogens with zero attached hydrogens (tertiary/aromatic N) is 1. The van der Waals surface area contributed by atoms with Crippen molar-refractivity contribution < 1.29 is 9.53 Å². The van der Waals surface area contributed by atoms with Gasteiger partial charge in [0.25, 0.3) is 0 Å². The van der Waals surface area contributed by atoms with E-state index >= 15 is 0 Å². The number of hydrogen-bond acceptors (Lipinski definition) is 3. The molecule has 1 saturated heterocycles. The Balaban J connectivity index is 2.35. The van der Waals surface area contributed by atoms with Gasteiger partial charge in [0.05, 0.1) is 0 Å². The minimum absolute atomic E-state index is 0.120. The fraction of sp³-hybridized carbons (Fsp3) is 0.889. The first-order valence-corrected chi connectivity index (χ1v) is 4.54. The maximum absolute atomic E-state index is 10.7. The van der Waals surface area contributed by atoms with Crippen LogP contribution < -0.4 is 0 Å². The molecule has 0 aromatic rings. The van der Waals surface area contributed by atoms with Crippen LogP contribution in [0, 0.1) is 0 Å². The number of rotatable bonds is 1. The molecule has 0 N–H and O–H groups in total. The summed E-state index contributed by atoms with van der Waals surface area (Å²) in [5.41, 5.74) is 0. The van der Waals surface area contributed by atoms with Gasteiger partial charge in [-0.2, -0.15) is 0 Å². The van der Waals surface area contributed by atoms with Gasteiger partial charge in [-0.25, -0.2) is 0 Å². The zero-order valence-electron chi connectivity index (χ0n) is 7.88. The molecule has 1 rings (SSSR count). The largest absolute Gasteiger partial charge is 0.461 e. The zero-order chi connectivity index (χ0) is 8.97. The van der Waals surface area contributed by atoms with Gasteiger partial charge in [-0.3, -0.25) is 4.79 Å². The molecule has 1 aliphatic heterocycles. The summed E-state index contributed by atoms with van der Waals surface area (Å²) >= 11 is 0. The lowest BCUT2D eigenvalue weighted by molar-refractivity contribution is -0.147. The second-order valence-corrected chi connectivity index (χ2v) is 3.49. The van der Waals surface area contributed by atoms with Crippen molar-refractivity contribution in [3.63, 3.8) is 0 Å². The van der Waals surface area contributed by atoms with Crippen LogP contribution in [0.5, 0.6) is 0 Å². The van der Waals surface area contributed by atoms with Crippen molar-refractivity contribution in [3.05, 3.63) is 0 Å². The molecule has 3 heteroatoms. The standard InChI is InChI=1S/C9H17NO2/c1-8(11)12-9-5-3-4-6-10(2)7-9/h9H,3-7H2,1-2H3. The first kappa shape index (κ1) is 9.52. The molecule has 0 bridgehead atoms. The van der Waals surface area contributed by atoms with E-state index in [1.165, 1.54) is 19.8 Å². The quantitative estimate of drug-likeness (QED) is 0.552. The number of esters is 1. The maximum atomic E-state index is 10.7. The number of carbonyl (C=O) groups excluding carboxylic acids is 1. The molecule has 1 unspecified atom stereocenters. The van der Waals surface area contributed by atoms with Crippen molar-refractivity contribution in [3.8, 4) is 0 Å². The molecule has 0 aromatic carbocycles. The summed E-state index contributed by atoms with van der Waals surface area (Å²) < 4.78 is 5.16. The van der Waals surface area contributed by atoms with E-state index in [0.29, 0.717) is 0 Å². The maximum Gasteiger partial charge on any atom is 0.302 e. The Morgan fingerprint density at radius 1 is 1.50 bits per heavy atom. The van der Waals surface area contributed by atoms with Crippen LogP contribution in [0.1, 0.15) is 26.2 Å². The Labute approximate surface area is 73.7 Å². The average Bonchev–Trinajstić information content (AvgIpc) is 2.12. The van der Waals surface area contributed by atoms with Gasteiger partial charge >= 0.3 is 5.97 Å². The molecule has 0 aromatic heterocycles. The Kier molecular flexibility index (Phi) is 3.53. The first-order valence-electron chi connectivity index (χ1n) is 4.54. The molecule has 0 spiro atoms. The van der Waals surface area contributed by atoms with Crippen molar-refractivity contribution in [2.24, 2.45) is 0 Å². The summed E-state index contributed by atoms with van der Waals surface area (Å²) in [6.07, 6.45) is 3.52. The zero-order valence-corrected chi connectivity index (χ0v) is 7.88. The third-order valence-corrected chi connectivity index (χ3v) is 2.16. The minimum Gasteiger partial charge on any atom is -0.461 e. The smallest absolute Gasteiger partial charge is 0.302 e. The summed E-state index contributed by atoms with van der Waals surface area (Å²) in [4.78, 5) is 12.9. The SMILES string of the molecule is CC(=O)OC1CCCCN(C)C1. The molecule has 0 aliphatic carbocycles. The van der Waals surface area contributed by atoms with E-state index in [9.17, 15) is 4.79 Å². The molecule has 0 radical (unpaired) electrons. The van der Waals surface area contributed by atoms with Gasteiger partial charge in [0, 0.05) is 13.5 Å². The fourth-order valence-corrected chi connectivity index (χ4v) is 1.61. The number of likely N-dealkylation sites (N-methyl/N-ethyl adjacent to an activating group) is 1. The highest BCUT2D eigenvalue weighted by molar-refractivity contribution is 5.66. The first-order chi connectivity index (χ1) is 5.68. The predicted octanol–water partition coefficient (Wildman–Crippen LogP) is 1.03. The van der Waals surface area contributed by atoms with E-state index in [1.807, 2.05) is 0 Å². The highest BCUT2D eigenvalue weighted by atomic mass is 16.5. The van der Waals surface area contributed by atoms with Crippen LogP contribution >= 0.6 is 0 Å². The Morgan fingerprint density at radius 2 is 2.25 bits per heavy atom. The normalized spacial score (nSPS) is 26.3. The molecule has 1 aliphatic rings. The number of carbonyl (C=O) groups is 1. The molecule has 0 amide bonds. The van der Waals surface area contributed by atoms with Gasteiger partial charge in [-0.15, -0.1) is 0 Å². The van der Waals surface area contributed by atoms with Gasteiger partial charge < -0.3 is 9.64 Å². The van der Waals surface area contributed by atoms with Crippen LogP contribution in [0.3, 0.4) is 0 Å². The lowest BCUT2D eigenvalue weighted by atomic mass is 10.2. The Hall–Kier alpha value is -0.570. The third-order valence-electron chi connectivity index (χ3n) is 2.16. The van der Waals surface area contributed by atoms with Gasteiger partial charge in [0.15, 0.2) is 0 Å². The highest BCUT2D eigenvalue weighted by Crippen LogP contribution is 2.11. The van der Waals surface area contributed by atoms with Crippen LogP contribution in [0.25, 0.3) is 0 Å². The van der Waals surface area contributed by atoms with Crippen LogP contribution in [0.2, 0.25) is 0 Å². The monoisotopic (exact) mass is 171 g/mol. The number of ether oxygens (including phenoxy) is 1. The van der Waals surface area contributed by atoms with Gasteiger partial charge in [-0.05, 0) is 32.9 Å². The molecule has 0 saturated carbocycles. The highest BCUT2D eigenvalue weighted by Gasteiger charge is 2.17. The third kappa shape index (κ3) is 3.22. The van der Waals surface area contributed by atoms with Crippen LogP contribution in [-0.4, -0.2) is 37.1 Å². The van der Waals surface area contributed by atoms with Gasteiger partial charge in [0.2, 0.25) is 0 Å². The summed E-state index contributed by atoms with van der Waals surface area (Å²) in [5, 5.41) is 0. The van der Waals surface area contributed by atoms with Crippen molar-refractivity contribution in [1.29, 1.82) is 0 Å². The lowest BCUT2D eigenvalue weighted by Crippen LogP contribution is -2.30. The number of likely N-dealkylation sites (tertiary alicyclic amines) is 1. The van der Waals surface area contributed by atoms with Crippen LogP contribution in [0.15, 0.2) is 0 Å². The molecule has 70 valence electrons. The lowest BCUT2D eigenvalue weighted by Gasteiger charge is -2.19. The van der Waals surface area contributed by atoms with Gasteiger partial charge in [-0.1, -0.05) is 0 Å². The molecule has 1 atom stereocenters. The summed E-state index contributed by atoms with van der Waals surface area (Å²) in [7, 11) is 2.07. The van der Waals surface area contributed by atoms with Crippen LogP contribution in [-0.2, 0) is 9.53 Å². The van der Waals surface area contributed by atoms with Crippen molar-refractivity contribution in [1.82, 2.24) is 4.90 Å². The summed E-state index contributed by atoms with van der Waals surface area (Å²) in [5.74, 6) is -0.157. The van der Waals surface area contributed by atoms with Crippen molar-refractivity contribution in [2.45, 2.75) is 32.3 Å². The van der Waals surface area contributed by atoms with Gasteiger partial charge in [0.1, 0.15) is 6.10 Å². The molecule has 1 heterocycles. The molecule has 3 nitrogen and oxygen atoms in total. The van der Waals surface area contributed by atoms with E-state index in [0.717, 1.165) is 19.5 Å². The minimum atomic E-state index is -0.157.